The minimum absolute atomic E-state index is 0.0779. The molecule has 0 radical (unpaired) electrons. The molecule has 2 atom stereocenters. The fraction of sp³-hybridized carbons (Fsp3) is 0.550. The van der Waals surface area contributed by atoms with Gasteiger partial charge in [-0.15, -0.1) is 0 Å². The van der Waals surface area contributed by atoms with Gasteiger partial charge < -0.3 is 15.0 Å². The summed E-state index contributed by atoms with van der Waals surface area (Å²) in [6.45, 7) is 0.514. The van der Waals surface area contributed by atoms with Crippen LogP contribution in [0, 0.1) is 5.92 Å². The SMILES string of the molecule is COC(=O)[C@H](CC1CC1)NC(=O)C[C@@H]1CCC(=O)N1Cc1ccccc1. The number of hydrogen-bond acceptors (Lipinski definition) is 4. The largest absolute Gasteiger partial charge is 0.467 e. The van der Waals surface area contributed by atoms with E-state index < -0.39 is 12.0 Å². The van der Waals surface area contributed by atoms with Crippen molar-refractivity contribution in [2.75, 3.05) is 7.11 Å². The van der Waals surface area contributed by atoms with Gasteiger partial charge in [0, 0.05) is 25.4 Å². The highest BCUT2D eigenvalue weighted by Crippen LogP contribution is 2.33. The Morgan fingerprint density at radius 2 is 1.96 bits per heavy atom. The molecule has 2 fully saturated rings. The second-order valence-corrected chi connectivity index (χ2v) is 7.23. The van der Waals surface area contributed by atoms with E-state index in [1.165, 1.54) is 7.11 Å². The monoisotopic (exact) mass is 358 g/mol. The van der Waals surface area contributed by atoms with Crippen LogP contribution in [-0.2, 0) is 25.7 Å². The quantitative estimate of drug-likeness (QED) is 0.722. The summed E-state index contributed by atoms with van der Waals surface area (Å²) in [6.07, 6.45) is 4.20. The molecule has 3 rings (SSSR count). The Kier molecular flexibility index (Phi) is 5.91. The van der Waals surface area contributed by atoms with Gasteiger partial charge in [0.05, 0.1) is 7.11 Å². The second kappa shape index (κ2) is 8.34. The van der Waals surface area contributed by atoms with E-state index in [0.717, 1.165) is 18.4 Å². The van der Waals surface area contributed by atoms with Crippen molar-refractivity contribution in [3.8, 4) is 0 Å². The number of methoxy groups -OCH3 is 1. The van der Waals surface area contributed by atoms with E-state index in [0.29, 0.717) is 31.7 Å². The number of amides is 2. The normalized spacial score (nSPS) is 20.7. The van der Waals surface area contributed by atoms with Gasteiger partial charge in [0.2, 0.25) is 11.8 Å². The molecule has 1 aromatic rings. The molecular formula is C20H26N2O4. The summed E-state index contributed by atoms with van der Waals surface area (Å²) in [5.41, 5.74) is 1.05. The molecule has 1 aliphatic carbocycles. The second-order valence-electron chi connectivity index (χ2n) is 7.23. The molecule has 0 spiro atoms. The molecule has 0 bridgehead atoms. The maximum atomic E-state index is 12.5. The average Bonchev–Trinajstić information content (AvgIpc) is 3.40. The van der Waals surface area contributed by atoms with Gasteiger partial charge >= 0.3 is 5.97 Å². The topological polar surface area (TPSA) is 75.7 Å². The van der Waals surface area contributed by atoms with Crippen molar-refractivity contribution in [1.29, 1.82) is 0 Å². The summed E-state index contributed by atoms with van der Waals surface area (Å²) in [6, 6.07) is 9.07. The van der Waals surface area contributed by atoms with Crippen LogP contribution in [0.2, 0.25) is 0 Å². The molecule has 140 valence electrons. The molecule has 1 aromatic carbocycles. The zero-order valence-corrected chi connectivity index (χ0v) is 15.1. The van der Waals surface area contributed by atoms with E-state index in [1.807, 2.05) is 30.3 Å². The molecule has 1 aliphatic heterocycles. The molecule has 26 heavy (non-hydrogen) atoms. The maximum absolute atomic E-state index is 12.5. The first-order valence-electron chi connectivity index (χ1n) is 9.27. The number of nitrogens with zero attached hydrogens (tertiary/aromatic N) is 1. The molecule has 1 heterocycles. The van der Waals surface area contributed by atoms with Crippen LogP contribution >= 0.6 is 0 Å². The van der Waals surface area contributed by atoms with Gasteiger partial charge in [-0.05, 0) is 24.3 Å². The Hall–Kier alpha value is -2.37. The summed E-state index contributed by atoms with van der Waals surface area (Å²) >= 11 is 0. The number of benzene rings is 1. The van der Waals surface area contributed by atoms with E-state index in [9.17, 15) is 14.4 Å². The van der Waals surface area contributed by atoms with Crippen LogP contribution in [0.1, 0.15) is 44.1 Å². The number of rotatable bonds is 8. The van der Waals surface area contributed by atoms with Crippen LogP contribution in [0.5, 0.6) is 0 Å². The highest BCUT2D eigenvalue weighted by molar-refractivity contribution is 5.86. The van der Waals surface area contributed by atoms with Crippen molar-refractivity contribution in [3.05, 3.63) is 35.9 Å². The Morgan fingerprint density at radius 1 is 1.23 bits per heavy atom. The van der Waals surface area contributed by atoms with Crippen molar-refractivity contribution < 1.29 is 19.1 Å². The molecule has 1 N–H and O–H groups in total. The van der Waals surface area contributed by atoms with Gasteiger partial charge in [0.15, 0.2) is 0 Å². The number of hydrogen-bond donors (Lipinski definition) is 1. The van der Waals surface area contributed by atoms with Gasteiger partial charge in [-0.3, -0.25) is 9.59 Å². The lowest BCUT2D eigenvalue weighted by Crippen LogP contribution is -2.44. The number of esters is 1. The fourth-order valence-corrected chi connectivity index (χ4v) is 3.51. The zero-order chi connectivity index (χ0) is 18.5. The molecule has 1 saturated carbocycles. The predicted octanol–water partition coefficient (Wildman–Crippen LogP) is 2.03. The van der Waals surface area contributed by atoms with Crippen molar-refractivity contribution in [3.63, 3.8) is 0 Å². The van der Waals surface area contributed by atoms with E-state index in [-0.39, 0.29) is 24.3 Å². The minimum Gasteiger partial charge on any atom is -0.467 e. The molecule has 0 unspecified atom stereocenters. The molecule has 6 nitrogen and oxygen atoms in total. The number of carbonyl (C=O) groups excluding carboxylic acids is 3. The van der Waals surface area contributed by atoms with Gasteiger partial charge in [0.25, 0.3) is 0 Å². The first-order valence-corrected chi connectivity index (χ1v) is 9.27. The average molecular weight is 358 g/mol. The van der Waals surface area contributed by atoms with Crippen molar-refractivity contribution in [2.24, 2.45) is 5.92 Å². The van der Waals surface area contributed by atoms with Gasteiger partial charge in [-0.2, -0.15) is 0 Å². The van der Waals surface area contributed by atoms with Crippen molar-refractivity contribution >= 4 is 17.8 Å². The summed E-state index contributed by atoms with van der Waals surface area (Å²) in [4.78, 5) is 38.4. The van der Waals surface area contributed by atoms with E-state index in [1.54, 1.807) is 4.90 Å². The number of carbonyl (C=O) groups is 3. The smallest absolute Gasteiger partial charge is 0.328 e. The number of nitrogens with one attached hydrogen (secondary N) is 1. The molecule has 6 heteroatoms. The molecule has 0 aromatic heterocycles. The standard InChI is InChI=1S/C20H26N2O4/c1-26-20(25)17(11-14-7-8-14)21-18(23)12-16-9-10-19(24)22(16)13-15-5-3-2-4-6-15/h2-6,14,16-17H,7-13H2,1H3,(H,21,23)/t16-,17-/m0/s1. The highest BCUT2D eigenvalue weighted by atomic mass is 16.5. The Bertz CT molecular complexity index is 657. The Balaban J connectivity index is 1.57. The van der Waals surface area contributed by atoms with Crippen molar-refractivity contribution in [2.45, 2.75) is 57.2 Å². The lowest BCUT2D eigenvalue weighted by molar-refractivity contribution is -0.145. The summed E-state index contributed by atoms with van der Waals surface area (Å²) in [5.74, 6) is -0.0103. The third-order valence-electron chi connectivity index (χ3n) is 5.16. The summed E-state index contributed by atoms with van der Waals surface area (Å²) < 4.78 is 4.81. The zero-order valence-electron chi connectivity index (χ0n) is 15.1. The minimum atomic E-state index is -0.584. The predicted molar refractivity (Wildman–Crippen MR) is 95.9 cm³/mol. The number of likely N-dealkylation sites (tertiary alicyclic amines) is 1. The molecule has 2 aliphatic rings. The van der Waals surface area contributed by atoms with Gasteiger partial charge in [-0.1, -0.05) is 43.2 Å². The van der Waals surface area contributed by atoms with Crippen LogP contribution < -0.4 is 5.32 Å². The Morgan fingerprint density at radius 3 is 2.62 bits per heavy atom. The van der Waals surface area contributed by atoms with Crippen LogP contribution in [0.25, 0.3) is 0 Å². The fourth-order valence-electron chi connectivity index (χ4n) is 3.51. The highest BCUT2D eigenvalue weighted by Gasteiger charge is 2.35. The lowest BCUT2D eigenvalue weighted by Gasteiger charge is -2.25. The first kappa shape index (κ1) is 18.4. The van der Waals surface area contributed by atoms with E-state index in [4.69, 9.17) is 4.74 Å². The van der Waals surface area contributed by atoms with Crippen LogP contribution in [0.15, 0.2) is 30.3 Å². The van der Waals surface area contributed by atoms with E-state index in [2.05, 4.69) is 5.32 Å². The maximum Gasteiger partial charge on any atom is 0.328 e. The van der Waals surface area contributed by atoms with Gasteiger partial charge in [0.1, 0.15) is 6.04 Å². The molecular weight excluding hydrogens is 332 g/mol. The molecule has 1 saturated heterocycles. The Labute approximate surface area is 153 Å². The summed E-state index contributed by atoms with van der Waals surface area (Å²) in [5, 5.41) is 2.81. The molecule has 2 amide bonds. The number of ether oxygens (including phenoxy) is 1. The first-order chi connectivity index (χ1) is 12.6. The third kappa shape index (κ3) is 4.84. The van der Waals surface area contributed by atoms with Crippen molar-refractivity contribution in [1.82, 2.24) is 10.2 Å². The van der Waals surface area contributed by atoms with Gasteiger partial charge in [-0.25, -0.2) is 4.79 Å². The van der Waals surface area contributed by atoms with E-state index >= 15 is 0 Å². The van der Waals surface area contributed by atoms with Crippen LogP contribution in [0.3, 0.4) is 0 Å². The third-order valence-corrected chi connectivity index (χ3v) is 5.16. The lowest BCUT2D eigenvalue weighted by atomic mass is 10.1. The van der Waals surface area contributed by atoms with Crippen LogP contribution in [-0.4, -0.2) is 41.9 Å². The van der Waals surface area contributed by atoms with Crippen LogP contribution in [0.4, 0.5) is 0 Å². The summed E-state index contributed by atoms with van der Waals surface area (Å²) in [7, 11) is 1.34.